The van der Waals surface area contributed by atoms with Crippen LogP contribution in [0.15, 0.2) is 24.3 Å². The van der Waals surface area contributed by atoms with Gasteiger partial charge in [-0.15, -0.1) is 0 Å². The van der Waals surface area contributed by atoms with Crippen LogP contribution in [0.2, 0.25) is 5.02 Å². The molecule has 144 valence electrons. The first kappa shape index (κ1) is 20.6. The molecule has 2 rings (SSSR count). The summed E-state index contributed by atoms with van der Waals surface area (Å²) in [6, 6.07) is 7.54. The number of hydrogen-bond acceptors (Lipinski definition) is 3. The van der Waals surface area contributed by atoms with Crippen LogP contribution in [-0.2, 0) is 9.53 Å². The van der Waals surface area contributed by atoms with Crippen LogP contribution in [0.1, 0.15) is 52.1 Å². The molecule has 0 aliphatic carbocycles. The molecule has 0 spiro atoms. The Hall–Kier alpha value is -1.75. The first-order chi connectivity index (χ1) is 12.1. The quantitative estimate of drug-likeness (QED) is 0.775. The summed E-state index contributed by atoms with van der Waals surface area (Å²) in [6.07, 6.45) is 1.03. The van der Waals surface area contributed by atoms with Gasteiger partial charge in [-0.3, -0.25) is 4.79 Å². The Morgan fingerprint density at radius 1 is 1.19 bits per heavy atom. The van der Waals surface area contributed by atoms with E-state index in [-0.39, 0.29) is 24.0 Å². The largest absolute Gasteiger partial charge is 0.444 e. The van der Waals surface area contributed by atoms with E-state index < -0.39 is 5.60 Å². The first-order valence-corrected chi connectivity index (χ1v) is 9.46. The predicted molar refractivity (Wildman–Crippen MR) is 103 cm³/mol. The van der Waals surface area contributed by atoms with E-state index >= 15 is 0 Å². The van der Waals surface area contributed by atoms with Gasteiger partial charge in [0.1, 0.15) is 5.60 Å². The van der Waals surface area contributed by atoms with Gasteiger partial charge in [0.25, 0.3) is 0 Å². The number of piperidine rings is 1. The lowest BCUT2D eigenvalue weighted by molar-refractivity contribution is -0.137. The zero-order chi connectivity index (χ0) is 19.5. The third-order valence-electron chi connectivity index (χ3n) is 4.78. The zero-order valence-corrected chi connectivity index (χ0v) is 17.0. The second-order valence-electron chi connectivity index (χ2n) is 7.92. The van der Waals surface area contributed by atoms with Gasteiger partial charge in [0, 0.05) is 31.1 Å². The van der Waals surface area contributed by atoms with E-state index in [2.05, 4.69) is 0 Å². The van der Waals surface area contributed by atoms with Gasteiger partial charge in [0.05, 0.1) is 6.04 Å². The minimum atomic E-state index is -0.502. The van der Waals surface area contributed by atoms with Crippen LogP contribution < -0.4 is 0 Å². The lowest BCUT2D eigenvalue weighted by Gasteiger charge is -2.35. The van der Waals surface area contributed by atoms with Crippen molar-refractivity contribution in [1.29, 1.82) is 0 Å². The van der Waals surface area contributed by atoms with Crippen molar-refractivity contribution in [2.75, 3.05) is 20.1 Å². The molecular formula is C20H29ClN2O3. The molecule has 0 aromatic heterocycles. The second kappa shape index (κ2) is 8.30. The van der Waals surface area contributed by atoms with Crippen molar-refractivity contribution in [2.45, 2.75) is 52.2 Å². The minimum absolute atomic E-state index is 0.0244. The lowest BCUT2D eigenvalue weighted by atomic mass is 9.94. The molecular weight excluding hydrogens is 352 g/mol. The highest BCUT2D eigenvalue weighted by Crippen LogP contribution is 2.26. The van der Waals surface area contributed by atoms with Crippen LogP contribution in [0.4, 0.5) is 4.79 Å². The summed E-state index contributed by atoms with van der Waals surface area (Å²) in [4.78, 5) is 28.5. The molecule has 1 aliphatic rings. The van der Waals surface area contributed by atoms with Gasteiger partial charge in [-0.1, -0.05) is 23.7 Å². The number of likely N-dealkylation sites (tertiary alicyclic amines) is 1. The third-order valence-corrected chi connectivity index (χ3v) is 5.03. The Morgan fingerprint density at radius 2 is 1.73 bits per heavy atom. The van der Waals surface area contributed by atoms with Gasteiger partial charge in [-0.25, -0.2) is 4.79 Å². The van der Waals surface area contributed by atoms with E-state index in [4.69, 9.17) is 16.3 Å². The molecule has 0 bridgehead atoms. The fourth-order valence-electron chi connectivity index (χ4n) is 3.08. The maximum atomic E-state index is 12.9. The van der Waals surface area contributed by atoms with E-state index in [0.29, 0.717) is 31.0 Å². The molecule has 5 nitrogen and oxygen atoms in total. The van der Waals surface area contributed by atoms with Crippen LogP contribution in [0.3, 0.4) is 0 Å². The van der Waals surface area contributed by atoms with Gasteiger partial charge in [0.2, 0.25) is 5.91 Å². The van der Waals surface area contributed by atoms with E-state index in [1.54, 1.807) is 9.80 Å². The minimum Gasteiger partial charge on any atom is -0.444 e. The van der Waals surface area contributed by atoms with Crippen molar-refractivity contribution in [2.24, 2.45) is 5.92 Å². The number of carbonyl (C=O) groups excluding carboxylic acids is 2. The third kappa shape index (κ3) is 5.37. The molecule has 2 amide bonds. The summed E-state index contributed by atoms with van der Waals surface area (Å²) >= 11 is 5.94. The van der Waals surface area contributed by atoms with E-state index in [9.17, 15) is 9.59 Å². The van der Waals surface area contributed by atoms with Crippen LogP contribution in [0.5, 0.6) is 0 Å². The summed E-state index contributed by atoms with van der Waals surface area (Å²) in [6.45, 7) is 8.68. The van der Waals surface area contributed by atoms with Crippen LogP contribution in [0.25, 0.3) is 0 Å². The van der Waals surface area contributed by atoms with Crippen molar-refractivity contribution in [1.82, 2.24) is 9.80 Å². The van der Waals surface area contributed by atoms with Crippen LogP contribution >= 0.6 is 11.6 Å². The second-order valence-corrected chi connectivity index (χ2v) is 8.35. The van der Waals surface area contributed by atoms with Crippen molar-refractivity contribution in [3.63, 3.8) is 0 Å². The Labute approximate surface area is 161 Å². The zero-order valence-electron chi connectivity index (χ0n) is 16.3. The molecule has 1 heterocycles. The number of benzene rings is 1. The molecule has 1 aliphatic heterocycles. The van der Waals surface area contributed by atoms with Crippen molar-refractivity contribution in [3.8, 4) is 0 Å². The molecule has 1 fully saturated rings. The Morgan fingerprint density at radius 3 is 2.23 bits per heavy atom. The van der Waals surface area contributed by atoms with E-state index in [0.717, 1.165) is 5.56 Å². The summed E-state index contributed by atoms with van der Waals surface area (Å²) < 4.78 is 5.41. The van der Waals surface area contributed by atoms with Gasteiger partial charge in [0.15, 0.2) is 0 Å². The van der Waals surface area contributed by atoms with Gasteiger partial charge in [-0.05, 0) is 58.2 Å². The first-order valence-electron chi connectivity index (χ1n) is 9.08. The molecule has 26 heavy (non-hydrogen) atoms. The fraction of sp³-hybridized carbons (Fsp3) is 0.600. The van der Waals surface area contributed by atoms with Crippen molar-refractivity contribution in [3.05, 3.63) is 34.9 Å². The topological polar surface area (TPSA) is 49.9 Å². The molecule has 1 atom stereocenters. The molecule has 0 unspecified atom stereocenters. The molecule has 1 aromatic rings. The van der Waals surface area contributed by atoms with Crippen LogP contribution in [-0.4, -0.2) is 47.5 Å². The number of carbonyl (C=O) groups is 2. The molecule has 6 heteroatoms. The highest BCUT2D eigenvalue weighted by Gasteiger charge is 2.32. The molecule has 1 saturated heterocycles. The molecule has 0 radical (unpaired) electrons. The predicted octanol–water partition coefficient (Wildman–Crippen LogP) is 4.51. The number of amides is 2. The Kier molecular flexibility index (Phi) is 6.56. The normalized spacial score (nSPS) is 16.9. The highest BCUT2D eigenvalue weighted by atomic mass is 35.5. The maximum absolute atomic E-state index is 12.9. The summed E-state index contributed by atoms with van der Waals surface area (Å²) in [5.74, 6) is 0.0599. The highest BCUT2D eigenvalue weighted by molar-refractivity contribution is 6.30. The van der Waals surface area contributed by atoms with E-state index in [1.807, 2.05) is 59.0 Å². The number of hydrogen-bond donors (Lipinski definition) is 0. The van der Waals surface area contributed by atoms with Gasteiger partial charge in [-0.2, -0.15) is 0 Å². The molecule has 0 saturated carbocycles. The van der Waals surface area contributed by atoms with Gasteiger partial charge < -0.3 is 14.5 Å². The number of ether oxygens (including phenoxy) is 1. The number of halogens is 1. The SMILES string of the molecule is C[C@@H](c1ccc(Cl)cc1)N(C)C(=O)C1CCN(C(=O)OC(C)(C)C)CC1. The molecule has 1 aromatic carbocycles. The van der Waals surface area contributed by atoms with Crippen molar-refractivity contribution >= 4 is 23.6 Å². The monoisotopic (exact) mass is 380 g/mol. The van der Waals surface area contributed by atoms with Crippen molar-refractivity contribution < 1.29 is 14.3 Å². The standard InChI is InChI=1S/C20H29ClN2O3/c1-14(15-6-8-17(21)9-7-15)22(5)18(24)16-10-12-23(13-11-16)19(25)26-20(2,3)4/h6-9,14,16H,10-13H2,1-5H3/t14-/m0/s1. The average Bonchev–Trinajstić information content (AvgIpc) is 2.59. The Balaban J connectivity index is 1.91. The smallest absolute Gasteiger partial charge is 0.410 e. The summed E-state index contributed by atoms with van der Waals surface area (Å²) in [7, 11) is 1.84. The van der Waals surface area contributed by atoms with Gasteiger partial charge >= 0.3 is 6.09 Å². The lowest BCUT2D eigenvalue weighted by Crippen LogP contribution is -2.45. The number of rotatable bonds is 3. The number of nitrogens with zero attached hydrogens (tertiary/aromatic N) is 2. The maximum Gasteiger partial charge on any atom is 0.410 e. The molecule has 0 N–H and O–H groups in total. The van der Waals surface area contributed by atoms with E-state index in [1.165, 1.54) is 0 Å². The summed E-state index contributed by atoms with van der Waals surface area (Å²) in [5, 5.41) is 0.685. The van der Waals surface area contributed by atoms with Crippen LogP contribution in [0, 0.1) is 5.92 Å². The fourth-order valence-corrected chi connectivity index (χ4v) is 3.21. The summed E-state index contributed by atoms with van der Waals surface area (Å²) in [5.41, 5.74) is 0.550. The Bertz CT molecular complexity index is 631. The average molecular weight is 381 g/mol.